The molecule has 0 bridgehead atoms. The molecule has 0 unspecified atom stereocenters. The summed E-state index contributed by atoms with van der Waals surface area (Å²) in [6, 6.07) is 40.7. The Morgan fingerprint density at radius 2 is 0.455 bits per heavy atom. The van der Waals surface area contributed by atoms with Crippen molar-refractivity contribution in [3.63, 3.8) is 0 Å². The summed E-state index contributed by atoms with van der Waals surface area (Å²) in [6.45, 7) is 9.44. The molecule has 4 aromatic carbocycles. The van der Waals surface area contributed by atoms with Crippen molar-refractivity contribution < 1.29 is 38.1 Å². The average molecular weight is 611 g/mol. The van der Waals surface area contributed by atoms with Crippen LogP contribution in [0.25, 0.3) is 10.8 Å². The molecular formula is C36H50O8. The molecule has 0 atom stereocenters. The second kappa shape index (κ2) is 38.0. The summed E-state index contributed by atoms with van der Waals surface area (Å²) in [7, 11) is 5.40. The van der Waals surface area contributed by atoms with E-state index in [9.17, 15) is 19.2 Å². The second-order valence-electron chi connectivity index (χ2n) is 7.44. The zero-order chi connectivity index (χ0) is 34.4. The molecule has 44 heavy (non-hydrogen) atoms. The highest BCUT2D eigenvalue weighted by Gasteiger charge is 1.85. The van der Waals surface area contributed by atoms with E-state index in [1.165, 1.54) is 66.9 Å². The molecular weight excluding hydrogens is 560 g/mol. The summed E-state index contributed by atoms with van der Waals surface area (Å²) in [5.41, 5.74) is 0. The summed E-state index contributed by atoms with van der Waals surface area (Å²) >= 11 is 0. The average Bonchev–Trinajstić information content (AvgIpc) is 3.09. The Morgan fingerprint density at radius 1 is 0.341 bits per heavy atom. The Labute approximate surface area is 263 Å². The minimum atomic E-state index is -0.245. The Hall–Kier alpha value is -4.98. The molecule has 0 N–H and O–H groups in total. The number of hydrogen-bond acceptors (Lipinski definition) is 8. The van der Waals surface area contributed by atoms with E-state index in [1.54, 1.807) is 0 Å². The molecule has 242 valence electrons. The number of hydrogen-bond donors (Lipinski definition) is 0. The monoisotopic (exact) mass is 610 g/mol. The lowest BCUT2D eigenvalue weighted by Crippen LogP contribution is -1.88. The van der Waals surface area contributed by atoms with E-state index < -0.39 is 0 Å². The lowest BCUT2D eigenvalue weighted by atomic mass is 10.1. The summed E-state index contributed by atoms with van der Waals surface area (Å²) < 4.78 is 16.4. The Morgan fingerprint density at radius 3 is 0.545 bits per heavy atom. The van der Waals surface area contributed by atoms with Gasteiger partial charge in [-0.25, -0.2) is 0 Å². The Kier molecular flexibility index (Phi) is 39.7. The van der Waals surface area contributed by atoms with Crippen molar-refractivity contribution in [3.05, 3.63) is 121 Å². The van der Waals surface area contributed by atoms with E-state index in [-0.39, 0.29) is 23.9 Å². The highest BCUT2D eigenvalue weighted by Crippen LogP contribution is 2.11. The van der Waals surface area contributed by atoms with E-state index in [0.29, 0.717) is 0 Å². The number of ether oxygens (including phenoxy) is 4. The molecule has 0 aromatic heterocycles. The van der Waals surface area contributed by atoms with Gasteiger partial charge in [0.1, 0.15) is 0 Å². The standard InChI is InChI=1S/C10H8.2C6H6.4C3H6O2.C2H6/c1-2-6-10-8-4-3-7-9(10)5-1;2*1-2-4-6-5-3-1;4*1-3(4)5-2;1-2/h1-8H;2*1-6H;4*1-2H3;1-2H3. The highest BCUT2D eigenvalue weighted by atomic mass is 16.5. The summed E-state index contributed by atoms with van der Waals surface area (Å²) in [6.07, 6.45) is 0. The molecule has 0 spiro atoms. The van der Waals surface area contributed by atoms with Gasteiger partial charge in [0.2, 0.25) is 0 Å². The van der Waals surface area contributed by atoms with Gasteiger partial charge in [0.05, 0.1) is 28.4 Å². The molecule has 0 radical (unpaired) electrons. The summed E-state index contributed by atoms with van der Waals surface area (Å²) in [5, 5.41) is 2.62. The van der Waals surface area contributed by atoms with Crippen molar-refractivity contribution in [3.8, 4) is 0 Å². The molecule has 4 aromatic rings. The number of fused-ring (bicyclic) bond motifs is 1. The molecule has 4 rings (SSSR count). The minimum Gasteiger partial charge on any atom is -0.469 e. The number of methoxy groups -OCH3 is 4. The van der Waals surface area contributed by atoms with E-state index in [1.807, 2.05) is 86.6 Å². The van der Waals surface area contributed by atoms with Crippen molar-refractivity contribution in [2.45, 2.75) is 41.5 Å². The van der Waals surface area contributed by atoms with E-state index in [4.69, 9.17) is 0 Å². The van der Waals surface area contributed by atoms with Gasteiger partial charge in [0.25, 0.3) is 0 Å². The predicted octanol–water partition coefficient (Wildman–Crippen LogP) is 7.96. The molecule has 0 saturated heterocycles. The van der Waals surface area contributed by atoms with Gasteiger partial charge in [-0.05, 0) is 10.8 Å². The van der Waals surface area contributed by atoms with Crippen LogP contribution < -0.4 is 0 Å². The molecule has 8 heteroatoms. The van der Waals surface area contributed by atoms with Gasteiger partial charge in [-0.2, -0.15) is 0 Å². The van der Waals surface area contributed by atoms with Crippen LogP contribution in [0.1, 0.15) is 41.5 Å². The molecule has 0 fully saturated rings. The van der Waals surface area contributed by atoms with Crippen LogP contribution in [0.15, 0.2) is 121 Å². The fourth-order valence-corrected chi connectivity index (χ4v) is 1.90. The molecule has 8 nitrogen and oxygen atoms in total. The lowest BCUT2D eigenvalue weighted by Gasteiger charge is -1.92. The normalized spacial score (nSPS) is 7.68. The molecule has 0 saturated carbocycles. The molecule has 0 aliphatic heterocycles. The van der Waals surface area contributed by atoms with E-state index >= 15 is 0 Å². The highest BCUT2D eigenvalue weighted by molar-refractivity contribution is 5.82. The zero-order valence-corrected chi connectivity index (χ0v) is 27.8. The first kappa shape index (κ1) is 46.0. The smallest absolute Gasteiger partial charge is 0.302 e. The largest absolute Gasteiger partial charge is 0.469 e. The van der Waals surface area contributed by atoms with Crippen LogP contribution in [0.5, 0.6) is 0 Å². The third kappa shape index (κ3) is 44.1. The van der Waals surface area contributed by atoms with Crippen molar-refractivity contribution in [2.24, 2.45) is 0 Å². The van der Waals surface area contributed by atoms with Crippen LogP contribution in [0.2, 0.25) is 0 Å². The molecule has 0 aliphatic carbocycles. The first-order chi connectivity index (χ1) is 21.0. The quantitative estimate of drug-likeness (QED) is 0.146. The first-order valence-electron chi connectivity index (χ1n) is 13.7. The van der Waals surface area contributed by atoms with Crippen molar-refractivity contribution in [1.29, 1.82) is 0 Å². The first-order valence-corrected chi connectivity index (χ1v) is 13.7. The van der Waals surface area contributed by atoms with Crippen LogP contribution in [0, 0.1) is 0 Å². The third-order valence-corrected chi connectivity index (χ3v) is 4.14. The van der Waals surface area contributed by atoms with E-state index in [2.05, 4.69) is 67.5 Å². The van der Waals surface area contributed by atoms with Crippen LogP contribution in [-0.2, 0) is 38.1 Å². The molecule has 0 heterocycles. The molecule has 0 amide bonds. The second-order valence-corrected chi connectivity index (χ2v) is 7.44. The van der Waals surface area contributed by atoms with Crippen LogP contribution in [-0.4, -0.2) is 52.3 Å². The lowest BCUT2D eigenvalue weighted by molar-refractivity contribution is -0.138. The minimum absolute atomic E-state index is 0.245. The maximum Gasteiger partial charge on any atom is 0.302 e. The summed E-state index contributed by atoms with van der Waals surface area (Å²) in [4.78, 5) is 38.4. The fourth-order valence-electron chi connectivity index (χ4n) is 1.90. The fraction of sp³-hybridized carbons (Fsp3) is 0.278. The van der Waals surface area contributed by atoms with Crippen LogP contribution in [0.4, 0.5) is 0 Å². The van der Waals surface area contributed by atoms with Crippen LogP contribution >= 0.6 is 0 Å². The van der Waals surface area contributed by atoms with Gasteiger partial charge in [0, 0.05) is 27.7 Å². The van der Waals surface area contributed by atoms with Gasteiger partial charge < -0.3 is 18.9 Å². The Balaban J connectivity index is -0.000000215. The molecule has 0 aliphatic rings. The predicted molar refractivity (Wildman–Crippen MR) is 179 cm³/mol. The van der Waals surface area contributed by atoms with Gasteiger partial charge in [-0.1, -0.05) is 135 Å². The Bertz CT molecular complexity index is 974. The van der Waals surface area contributed by atoms with Gasteiger partial charge in [0.15, 0.2) is 0 Å². The number of rotatable bonds is 0. The number of benzene rings is 4. The maximum absolute atomic E-state index is 9.59. The topological polar surface area (TPSA) is 105 Å². The maximum atomic E-state index is 9.59. The van der Waals surface area contributed by atoms with E-state index in [0.717, 1.165) is 0 Å². The number of carbonyl (C=O) groups is 4. The number of carbonyl (C=O) groups excluding carboxylic acids is 4. The van der Waals surface area contributed by atoms with Crippen molar-refractivity contribution in [2.75, 3.05) is 28.4 Å². The number of esters is 4. The SMILES string of the molecule is CC.COC(C)=O.COC(C)=O.COC(C)=O.COC(C)=O.c1ccc2ccccc2c1.c1ccccc1.c1ccccc1. The third-order valence-electron chi connectivity index (χ3n) is 4.14. The van der Waals surface area contributed by atoms with Gasteiger partial charge >= 0.3 is 23.9 Å². The van der Waals surface area contributed by atoms with Gasteiger partial charge in [-0.3, -0.25) is 19.2 Å². The van der Waals surface area contributed by atoms with Crippen molar-refractivity contribution in [1.82, 2.24) is 0 Å². The van der Waals surface area contributed by atoms with Gasteiger partial charge in [-0.15, -0.1) is 0 Å². The van der Waals surface area contributed by atoms with Crippen LogP contribution in [0.3, 0.4) is 0 Å². The zero-order valence-electron chi connectivity index (χ0n) is 27.8. The van der Waals surface area contributed by atoms with Crippen molar-refractivity contribution >= 4 is 34.6 Å². The summed E-state index contributed by atoms with van der Waals surface area (Å²) in [5.74, 6) is -0.981.